The van der Waals surface area contributed by atoms with Crippen LogP contribution in [0.25, 0.3) is 6.08 Å². The van der Waals surface area contributed by atoms with Gasteiger partial charge in [-0.15, -0.1) is 0 Å². The van der Waals surface area contributed by atoms with E-state index in [0.717, 1.165) is 27.8 Å². The highest BCUT2D eigenvalue weighted by Crippen LogP contribution is 2.35. The Morgan fingerprint density at radius 3 is 2.41 bits per heavy atom. The fraction of sp³-hybridized carbons (Fsp3) is 0.179. The van der Waals surface area contributed by atoms with Gasteiger partial charge in [-0.3, -0.25) is 14.5 Å². The summed E-state index contributed by atoms with van der Waals surface area (Å²) in [4.78, 5) is 25.2. The molecule has 0 spiro atoms. The lowest BCUT2D eigenvalue weighted by Crippen LogP contribution is -2.33. The summed E-state index contributed by atoms with van der Waals surface area (Å²) >= 11 is 6.26. The summed E-state index contributed by atoms with van der Waals surface area (Å²) in [5.74, 6) is -0.526. The van der Waals surface area contributed by atoms with Crippen LogP contribution in [0.2, 0.25) is 0 Å². The summed E-state index contributed by atoms with van der Waals surface area (Å²) in [6.07, 6.45) is 1.40. The lowest BCUT2D eigenvalue weighted by atomic mass is 10.1. The number of carbonyl (C=O) groups is 2. The van der Waals surface area contributed by atoms with Crippen LogP contribution in [0.15, 0.2) is 83.8 Å². The van der Waals surface area contributed by atoms with Gasteiger partial charge in [-0.05, 0) is 34.9 Å². The predicted molar refractivity (Wildman–Crippen MR) is 146 cm³/mol. The molecule has 7 nitrogen and oxygen atoms in total. The Labute approximate surface area is 224 Å². The largest absolute Gasteiger partial charge is 0.487 e. The summed E-state index contributed by atoms with van der Waals surface area (Å²) in [5, 5.41) is 9.06. The van der Waals surface area contributed by atoms with Crippen molar-refractivity contribution in [3.05, 3.63) is 100 Å². The Kier molecular flexibility index (Phi) is 8.95. The molecule has 0 unspecified atom stereocenters. The number of hydrogen-bond acceptors (Lipinski definition) is 7. The van der Waals surface area contributed by atoms with Crippen LogP contribution in [-0.4, -0.2) is 46.5 Å². The highest BCUT2D eigenvalue weighted by molar-refractivity contribution is 8.26. The molecule has 1 heterocycles. The van der Waals surface area contributed by atoms with Crippen molar-refractivity contribution >= 4 is 46.3 Å². The molecular weight excluding hydrogens is 510 g/mol. The molecule has 1 atom stereocenters. The molecule has 9 heteroatoms. The van der Waals surface area contributed by atoms with Gasteiger partial charge in [-0.2, -0.15) is 0 Å². The smallest absolute Gasteiger partial charge is 0.323 e. The monoisotopic (exact) mass is 535 g/mol. The van der Waals surface area contributed by atoms with E-state index in [-0.39, 0.29) is 17.0 Å². The van der Waals surface area contributed by atoms with Crippen LogP contribution in [0.3, 0.4) is 0 Å². The molecule has 3 aromatic carbocycles. The Balaban J connectivity index is 1.57. The van der Waals surface area contributed by atoms with Crippen molar-refractivity contribution in [3.63, 3.8) is 0 Å². The minimum absolute atomic E-state index is 0.214. The van der Waals surface area contributed by atoms with Crippen molar-refractivity contribution in [1.29, 1.82) is 0 Å². The van der Waals surface area contributed by atoms with Gasteiger partial charge in [0.2, 0.25) is 0 Å². The van der Waals surface area contributed by atoms with Crippen LogP contribution in [0.4, 0.5) is 0 Å². The number of nitrogens with zero attached hydrogens (tertiary/aromatic N) is 1. The lowest BCUT2D eigenvalue weighted by Gasteiger charge is -2.19. The third-order valence-electron chi connectivity index (χ3n) is 5.52. The quantitative estimate of drug-likeness (QED) is 0.261. The van der Waals surface area contributed by atoms with Crippen LogP contribution in [-0.2, 0) is 20.9 Å². The molecule has 1 N–H and O–H groups in total. The Hall–Kier alpha value is -3.66. The first kappa shape index (κ1) is 26.4. The van der Waals surface area contributed by atoms with Crippen LogP contribution in [0.5, 0.6) is 11.5 Å². The van der Waals surface area contributed by atoms with E-state index in [1.165, 1.54) is 0 Å². The Morgan fingerprint density at radius 2 is 1.73 bits per heavy atom. The minimum Gasteiger partial charge on any atom is -0.487 e. The highest BCUT2D eigenvalue weighted by atomic mass is 32.2. The van der Waals surface area contributed by atoms with Gasteiger partial charge in [-0.1, -0.05) is 90.7 Å². The maximum Gasteiger partial charge on any atom is 0.323 e. The highest BCUT2D eigenvalue weighted by Gasteiger charge is 2.33. The molecule has 0 aliphatic carbocycles. The van der Waals surface area contributed by atoms with Crippen molar-refractivity contribution in [1.82, 2.24) is 4.90 Å². The fourth-order valence-electron chi connectivity index (χ4n) is 3.64. The number of carbonyl (C=O) groups excluding carboxylic acids is 1. The first-order valence-corrected chi connectivity index (χ1v) is 12.7. The van der Waals surface area contributed by atoms with Crippen molar-refractivity contribution in [2.75, 3.05) is 20.3 Å². The maximum atomic E-state index is 12.7. The van der Waals surface area contributed by atoms with E-state index in [1.54, 1.807) is 31.4 Å². The third kappa shape index (κ3) is 6.97. The van der Waals surface area contributed by atoms with Crippen LogP contribution in [0, 0.1) is 0 Å². The molecule has 0 radical (unpaired) electrons. The van der Waals surface area contributed by atoms with Crippen LogP contribution < -0.4 is 9.47 Å². The van der Waals surface area contributed by atoms with Gasteiger partial charge in [-0.25, -0.2) is 0 Å². The average Bonchev–Trinajstić information content (AvgIpc) is 3.16. The molecule has 1 fully saturated rings. The van der Waals surface area contributed by atoms with Crippen molar-refractivity contribution < 1.29 is 28.9 Å². The number of thiocarbonyl (C=S) groups is 1. The average molecular weight is 536 g/mol. The van der Waals surface area contributed by atoms with Crippen molar-refractivity contribution in [2.24, 2.45) is 0 Å². The molecule has 0 bridgehead atoms. The second-order valence-electron chi connectivity index (χ2n) is 8.09. The van der Waals surface area contributed by atoms with Gasteiger partial charge in [0, 0.05) is 7.11 Å². The number of rotatable bonds is 11. The van der Waals surface area contributed by atoms with E-state index in [1.807, 2.05) is 60.7 Å². The first-order valence-electron chi connectivity index (χ1n) is 11.4. The molecule has 0 aromatic heterocycles. The second kappa shape index (κ2) is 12.5. The number of aliphatic carboxylic acids is 1. The van der Waals surface area contributed by atoms with Gasteiger partial charge in [0.05, 0.1) is 4.91 Å². The zero-order chi connectivity index (χ0) is 26.2. The molecule has 3 aromatic rings. The Morgan fingerprint density at radius 1 is 1.03 bits per heavy atom. The van der Waals surface area contributed by atoms with Gasteiger partial charge >= 0.3 is 5.97 Å². The summed E-state index contributed by atoms with van der Waals surface area (Å²) in [6, 6.07) is 24.9. The van der Waals surface area contributed by atoms with Gasteiger partial charge in [0.15, 0.2) is 11.5 Å². The van der Waals surface area contributed by atoms with Crippen LogP contribution >= 0.6 is 24.0 Å². The van der Waals surface area contributed by atoms with E-state index in [9.17, 15) is 9.59 Å². The fourth-order valence-corrected chi connectivity index (χ4v) is 4.89. The normalized spacial score (nSPS) is 15.2. The van der Waals surface area contributed by atoms with Crippen LogP contribution in [0.1, 0.15) is 22.8 Å². The lowest BCUT2D eigenvalue weighted by molar-refractivity contribution is -0.140. The molecule has 37 heavy (non-hydrogen) atoms. The number of thioether (sulfide) groups is 1. The zero-order valence-corrected chi connectivity index (χ0v) is 21.7. The first-order chi connectivity index (χ1) is 17.9. The summed E-state index contributed by atoms with van der Waals surface area (Å²) in [6.45, 7) is 0.130. The standard InChI is InChI=1S/C28H25NO6S2/c1-33-24(21-10-6-3-7-11-21)18-35-22-13-12-20(14-23(22)34-17-19-8-4-2-5-9-19)15-25-27(32)29(16-26(30)31)28(36)37-25/h2-15,24H,16-18H2,1H3,(H,30,31)/b25-15-/t24-/m0/s1. The molecule has 0 saturated carbocycles. The maximum absolute atomic E-state index is 12.7. The molecule has 1 saturated heterocycles. The number of ether oxygens (including phenoxy) is 3. The van der Waals surface area contributed by atoms with Crippen molar-refractivity contribution in [2.45, 2.75) is 12.7 Å². The van der Waals surface area contributed by atoms with Crippen molar-refractivity contribution in [3.8, 4) is 11.5 Å². The number of methoxy groups -OCH3 is 1. The van der Waals surface area contributed by atoms with E-state index in [0.29, 0.717) is 28.6 Å². The SMILES string of the molecule is CO[C@@H](COc1ccc(/C=C2\SC(=S)N(CC(=O)O)C2=O)cc1OCc1ccccc1)c1ccccc1. The molecule has 1 aliphatic rings. The number of benzene rings is 3. The Bertz CT molecular complexity index is 1300. The van der Waals surface area contributed by atoms with E-state index >= 15 is 0 Å². The van der Waals surface area contributed by atoms with Gasteiger partial charge < -0.3 is 19.3 Å². The number of carboxylic acids is 1. The summed E-state index contributed by atoms with van der Waals surface area (Å²) in [7, 11) is 1.64. The number of carboxylic acid groups (broad SMARTS) is 1. The zero-order valence-electron chi connectivity index (χ0n) is 20.0. The molecule has 1 amide bonds. The molecule has 4 rings (SSSR count). The van der Waals surface area contributed by atoms with E-state index < -0.39 is 18.4 Å². The van der Waals surface area contributed by atoms with Gasteiger partial charge in [0.25, 0.3) is 5.91 Å². The molecule has 190 valence electrons. The number of amides is 1. The molecular formula is C28H25NO6S2. The third-order valence-corrected chi connectivity index (χ3v) is 6.89. The van der Waals surface area contributed by atoms with E-state index in [2.05, 4.69) is 0 Å². The van der Waals surface area contributed by atoms with Gasteiger partial charge in [0.1, 0.15) is 30.2 Å². The topological polar surface area (TPSA) is 85.3 Å². The predicted octanol–water partition coefficient (Wildman–Crippen LogP) is 5.32. The molecule has 1 aliphatic heterocycles. The summed E-state index contributed by atoms with van der Waals surface area (Å²) < 4.78 is 18.1. The minimum atomic E-state index is -1.12. The number of hydrogen-bond donors (Lipinski definition) is 1. The van der Waals surface area contributed by atoms with E-state index in [4.69, 9.17) is 31.5 Å². The summed E-state index contributed by atoms with van der Waals surface area (Å²) in [5.41, 5.74) is 2.68. The second-order valence-corrected chi connectivity index (χ2v) is 9.76.